The number of anilines is 1. The quantitative estimate of drug-likeness (QED) is 0.879. The molecule has 0 bridgehead atoms. The number of aromatic nitrogens is 1. The lowest BCUT2D eigenvalue weighted by molar-refractivity contribution is 0.315. The number of rotatable bonds is 4. The maximum Gasteiger partial charge on any atom is 0.0572 e. The third-order valence-corrected chi connectivity index (χ3v) is 3.85. The summed E-state index contributed by atoms with van der Waals surface area (Å²) < 4.78 is 0. The molecular weight excluding hydrogens is 224 g/mol. The molecule has 2 rings (SSSR count). The molecule has 1 aliphatic heterocycles. The molecule has 0 spiro atoms. The monoisotopic (exact) mass is 248 g/mol. The van der Waals surface area contributed by atoms with Crippen LogP contribution in [0.15, 0.2) is 18.3 Å². The lowest BCUT2D eigenvalue weighted by Crippen LogP contribution is -2.31. The summed E-state index contributed by atoms with van der Waals surface area (Å²) in [5.41, 5.74) is 8.18. The van der Waals surface area contributed by atoms with Gasteiger partial charge in [-0.15, -0.1) is 0 Å². The summed E-state index contributed by atoms with van der Waals surface area (Å²) in [5, 5.41) is 0. The van der Waals surface area contributed by atoms with Gasteiger partial charge in [-0.1, -0.05) is 6.92 Å². The van der Waals surface area contributed by atoms with Gasteiger partial charge in [0, 0.05) is 25.2 Å². The van der Waals surface area contributed by atoms with Crippen molar-refractivity contribution in [3.63, 3.8) is 0 Å². The smallest absolute Gasteiger partial charge is 0.0572 e. The molecule has 18 heavy (non-hydrogen) atoms. The molecule has 4 heteroatoms. The van der Waals surface area contributed by atoms with E-state index < -0.39 is 0 Å². The van der Waals surface area contributed by atoms with E-state index in [1.165, 1.54) is 12.1 Å². The Bertz CT molecular complexity index is 374. The summed E-state index contributed by atoms with van der Waals surface area (Å²) in [6, 6.07) is 4.93. The predicted octanol–water partition coefficient (Wildman–Crippen LogP) is 1.63. The fraction of sp³-hybridized carbons (Fsp3) is 0.643. The number of pyridine rings is 1. The van der Waals surface area contributed by atoms with Crippen LogP contribution in [0.5, 0.6) is 0 Å². The van der Waals surface area contributed by atoms with E-state index in [-0.39, 0.29) is 6.04 Å². The first kappa shape index (κ1) is 13.3. The standard InChI is InChI=1S/C14H24N4/c1-4-13(15)14-6-5-11(9-16-14)18-8-7-12(10-18)17(2)3/h5-6,9,12-13H,4,7-8,10,15H2,1-3H3/t12?,13-/m0/s1. The van der Waals surface area contributed by atoms with E-state index in [0.717, 1.165) is 25.2 Å². The molecular formula is C14H24N4. The van der Waals surface area contributed by atoms with Crippen LogP contribution in [-0.4, -0.2) is 43.1 Å². The van der Waals surface area contributed by atoms with Gasteiger partial charge in [-0.3, -0.25) is 4.98 Å². The molecule has 2 heterocycles. The second-order valence-corrected chi connectivity index (χ2v) is 5.31. The second-order valence-electron chi connectivity index (χ2n) is 5.31. The van der Waals surface area contributed by atoms with Crippen LogP contribution in [0.1, 0.15) is 31.5 Å². The molecule has 0 aromatic carbocycles. The predicted molar refractivity (Wildman–Crippen MR) is 75.8 cm³/mol. The molecule has 1 unspecified atom stereocenters. The minimum absolute atomic E-state index is 0.0622. The van der Waals surface area contributed by atoms with Gasteiger partial charge in [-0.25, -0.2) is 0 Å². The van der Waals surface area contributed by atoms with E-state index in [1.54, 1.807) is 0 Å². The normalized spacial score (nSPS) is 21.6. The lowest BCUT2D eigenvalue weighted by Gasteiger charge is -2.22. The highest BCUT2D eigenvalue weighted by Crippen LogP contribution is 2.22. The molecule has 0 radical (unpaired) electrons. The summed E-state index contributed by atoms with van der Waals surface area (Å²) >= 11 is 0. The Hall–Kier alpha value is -1.13. The fourth-order valence-corrected chi connectivity index (χ4v) is 2.41. The summed E-state index contributed by atoms with van der Waals surface area (Å²) in [4.78, 5) is 9.19. The van der Waals surface area contributed by atoms with Gasteiger partial charge >= 0.3 is 0 Å². The lowest BCUT2D eigenvalue weighted by atomic mass is 10.1. The summed E-state index contributed by atoms with van der Waals surface area (Å²) in [5.74, 6) is 0. The molecule has 1 aromatic rings. The first-order valence-corrected chi connectivity index (χ1v) is 6.74. The third-order valence-electron chi connectivity index (χ3n) is 3.85. The highest BCUT2D eigenvalue weighted by molar-refractivity contribution is 5.46. The zero-order valence-corrected chi connectivity index (χ0v) is 11.6. The summed E-state index contributed by atoms with van der Waals surface area (Å²) in [6.07, 6.45) is 4.12. The van der Waals surface area contributed by atoms with Crippen LogP contribution < -0.4 is 10.6 Å². The zero-order chi connectivity index (χ0) is 13.1. The first-order valence-electron chi connectivity index (χ1n) is 6.74. The molecule has 1 fully saturated rings. The first-order chi connectivity index (χ1) is 8.61. The second kappa shape index (κ2) is 5.67. The van der Waals surface area contributed by atoms with Gasteiger partial charge in [0.15, 0.2) is 0 Å². The molecule has 2 N–H and O–H groups in total. The Morgan fingerprint density at radius 1 is 1.50 bits per heavy atom. The van der Waals surface area contributed by atoms with Crippen LogP contribution in [0.2, 0.25) is 0 Å². The van der Waals surface area contributed by atoms with Crippen molar-refractivity contribution in [1.29, 1.82) is 0 Å². The number of hydrogen-bond donors (Lipinski definition) is 1. The Morgan fingerprint density at radius 3 is 2.78 bits per heavy atom. The van der Waals surface area contributed by atoms with Crippen molar-refractivity contribution >= 4 is 5.69 Å². The average molecular weight is 248 g/mol. The molecule has 0 aliphatic carbocycles. The van der Waals surface area contributed by atoms with Crippen LogP contribution in [-0.2, 0) is 0 Å². The van der Waals surface area contributed by atoms with Crippen LogP contribution in [0.25, 0.3) is 0 Å². The Morgan fingerprint density at radius 2 is 2.28 bits per heavy atom. The maximum absolute atomic E-state index is 5.98. The number of hydrogen-bond acceptors (Lipinski definition) is 4. The zero-order valence-electron chi connectivity index (χ0n) is 11.6. The van der Waals surface area contributed by atoms with Crippen LogP contribution in [0.3, 0.4) is 0 Å². The molecule has 0 amide bonds. The van der Waals surface area contributed by atoms with Crippen LogP contribution in [0.4, 0.5) is 5.69 Å². The van der Waals surface area contributed by atoms with Gasteiger partial charge in [0.2, 0.25) is 0 Å². The minimum atomic E-state index is 0.0622. The van der Waals surface area contributed by atoms with E-state index in [0.29, 0.717) is 6.04 Å². The van der Waals surface area contributed by atoms with Gasteiger partial charge in [0.05, 0.1) is 17.6 Å². The summed E-state index contributed by atoms with van der Waals surface area (Å²) in [6.45, 7) is 4.29. The molecule has 1 aromatic heterocycles. The van der Waals surface area contributed by atoms with E-state index in [4.69, 9.17) is 5.73 Å². The highest BCUT2D eigenvalue weighted by atomic mass is 15.2. The summed E-state index contributed by atoms with van der Waals surface area (Å²) in [7, 11) is 4.30. The van der Waals surface area contributed by atoms with Gasteiger partial charge in [0.25, 0.3) is 0 Å². The Balaban J connectivity index is 2.02. The molecule has 0 saturated carbocycles. The highest BCUT2D eigenvalue weighted by Gasteiger charge is 2.24. The Labute approximate surface area is 110 Å². The van der Waals surface area contributed by atoms with Gasteiger partial charge in [-0.2, -0.15) is 0 Å². The van der Waals surface area contributed by atoms with Crippen molar-refractivity contribution < 1.29 is 0 Å². The molecule has 4 nitrogen and oxygen atoms in total. The maximum atomic E-state index is 5.98. The van der Waals surface area contributed by atoms with Crippen molar-refractivity contribution in [2.45, 2.75) is 31.8 Å². The fourth-order valence-electron chi connectivity index (χ4n) is 2.41. The van der Waals surface area contributed by atoms with E-state index >= 15 is 0 Å². The number of likely N-dealkylation sites (N-methyl/N-ethyl adjacent to an activating group) is 1. The van der Waals surface area contributed by atoms with Crippen molar-refractivity contribution in [1.82, 2.24) is 9.88 Å². The van der Waals surface area contributed by atoms with E-state index in [1.807, 2.05) is 6.20 Å². The number of nitrogens with zero attached hydrogens (tertiary/aromatic N) is 3. The van der Waals surface area contributed by atoms with Crippen molar-refractivity contribution in [3.05, 3.63) is 24.0 Å². The molecule has 1 saturated heterocycles. The van der Waals surface area contributed by atoms with Crippen LogP contribution >= 0.6 is 0 Å². The topological polar surface area (TPSA) is 45.4 Å². The Kier molecular flexibility index (Phi) is 4.19. The average Bonchev–Trinajstić information content (AvgIpc) is 2.88. The van der Waals surface area contributed by atoms with E-state index in [2.05, 4.69) is 47.9 Å². The van der Waals surface area contributed by atoms with E-state index in [9.17, 15) is 0 Å². The molecule has 1 aliphatic rings. The third kappa shape index (κ3) is 2.82. The molecule has 100 valence electrons. The molecule has 2 atom stereocenters. The van der Waals surface area contributed by atoms with Crippen molar-refractivity contribution in [2.24, 2.45) is 5.73 Å². The van der Waals surface area contributed by atoms with Crippen molar-refractivity contribution in [2.75, 3.05) is 32.1 Å². The largest absolute Gasteiger partial charge is 0.369 e. The van der Waals surface area contributed by atoms with Gasteiger partial charge < -0.3 is 15.5 Å². The van der Waals surface area contributed by atoms with Crippen molar-refractivity contribution in [3.8, 4) is 0 Å². The van der Waals surface area contributed by atoms with Gasteiger partial charge in [0.1, 0.15) is 0 Å². The minimum Gasteiger partial charge on any atom is -0.369 e. The van der Waals surface area contributed by atoms with Crippen LogP contribution in [0, 0.1) is 0 Å². The number of nitrogens with two attached hydrogens (primary N) is 1. The SMILES string of the molecule is CC[C@H](N)c1ccc(N2CCC(N(C)C)C2)cn1. The van der Waals surface area contributed by atoms with Gasteiger partial charge in [-0.05, 0) is 39.1 Å².